The second-order valence-electron chi connectivity index (χ2n) is 10.3. The Kier molecular flexibility index (Phi) is 7.76. The number of halogens is 1. The van der Waals surface area contributed by atoms with Crippen molar-refractivity contribution in [3.05, 3.63) is 86.1 Å². The fourth-order valence-electron chi connectivity index (χ4n) is 4.45. The number of fused-ring (bicyclic) bond motifs is 1. The summed E-state index contributed by atoms with van der Waals surface area (Å²) < 4.78 is 6.16. The second-order valence-corrected chi connectivity index (χ2v) is 11.7. The van der Waals surface area contributed by atoms with Crippen LogP contribution in [0.15, 0.2) is 53.9 Å². The first-order valence-corrected chi connectivity index (χ1v) is 13.4. The summed E-state index contributed by atoms with van der Waals surface area (Å²) in [6.45, 7) is 10.7. The quantitative estimate of drug-likeness (QED) is 0.371. The van der Waals surface area contributed by atoms with E-state index in [1.165, 1.54) is 4.88 Å². The van der Waals surface area contributed by atoms with Crippen LogP contribution >= 0.6 is 22.9 Å². The summed E-state index contributed by atoms with van der Waals surface area (Å²) in [6, 6.07) is 14.9. The van der Waals surface area contributed by atoms with Crippen LogP contribution in [-0.4, -0.2) is 46.8 Å². The SMILES string of the molecule is Cc1ccc(C(=O)N(CC(=O)N2CCc3sccc3[C@H]2COc2ccc(Cl)c(C)c2)C(C)(C)C)cc1. The third kappa shape index (κ3) is 5.76. The summed E-state index contributed by atoms with van der Waals surface area (Å²) in [6.07, 6.45) is 0.802. The first-order valence-electron chi connectivity index (χ1n) is 12.2. The van der Waals surface area contributed by atoms with E-state index >= 15 is 0 Å². The summed E-state index contributed by atoms with van der Waals surface area (Å²) in [5, 5.41) is 2.76. The number of thiophene rings is 1. The predicted molar refractivity (Wildman–Crippen MR) is 146 cm³/mol. The number of ether oxygens (including phenoxy) is 1. The van der Waals surface area contributed by atoms with Gasteiger partial charge >= 0.3 is 0 Å². The molecule has 36 heavy (non-hydrogen) atoms. The molecular formula is C29H33ClN2O3S. The van der Waals surface area contributed by atoms with E-state index in [1.807, 2.05) is 82.0 Å². The fraction of sp³-hybridized carbons (Fsp3) is 0.379. The van der Waals surface area contributed by atoms with Crippen molar-refractivity contribution in [1.82, 2.24) is 9.80 Å². The topological polar surface area (TPSA) is 49.9 Å². The van der Waals surface area contributed by atoms with Crippen LogP contribution in [0.1, 0.15) is 58.7 Å². The van der Waals surface area contributed by atoms with Crippen LogP contribution in [0.5, 0.6) is 5.75 Å². The zero-order chi connectivity index (χ0) is 26.0. The molecule has 0 fully saturated rings. The first-order chi connectivity index (χ1) is 17.0. The standard InChI is InChI=1S/C29H33ClN2O3S/c1-19-6-8-21(9-7-19)28(34)32(29(3,4)5)17-27(33)31-14-12-26-23(13-15-36-26)25(31)18-35-22-10-11-24(30)20(2)16-22/h6-11,13,15-16,25H,12,14,17-18H2,1-5H3/t25-/m1/s1. The lowest BCUT2D eigenvalue weighted by atomic mass is 9.99. The van der Waals surface area contributed by atoms with Gasteiger partial charge in [-0.2, -0.15) is 0 Å². The minimum Gasteiger partial charge on any atom is -0.491 e. The van der Waals surface area contributed by atoms with Gasteiger partial charge in [0.15, 0.2) is 0 Å². The molecule has 0 bridgehead atoms. The lowest BCUT2D eigenvalue weighted by Crippen LogP contribution is -2.53. The number of rotatable bonds is 6. The molecule has 0 N–H and O–H groups in total. The fourth-order valence-corrected chi connectivity index (χ4v) is 5.49. The minimum absolute atomic E-state index is 0.00618. The Morgan fingerprint density at radius 1 is 1.11 bits per heavy atom. The van der Waals surface area contributed by atoms with E-state index in [1.54, 1.807) is 16.2 Å². The highest BCUT2D eigenvalue weighted by molar-refractivity contribution is 7.10. The molecule has 0 aliphatic carbocycles. The minimum atomic E-state index is -0.520. The number of aryl methyl sites for hydroxylation is 2. The average Bonchev–Trinajstić information content (AvgIpc) is 3.31. The Balaban J connectivity index is 1.56. The van der Waals surface area contributed by atoms with Gasteiger partial charge in [0.25, 0.3) is 5.91 Å². The van der Waals surface area contributed by atoms with Crippen LogP contribution in [-0.2, 0) is 11.2 Å². The van der Waals surface area contributed by atoms with E-state index in [0.29, 0.717) is 23.7 Å². The van der Waals surface area contributed by atoms with Gasteiger partial charge in [-0.15, -0.1) is 11.3 Å². The molecule has 190 valence electrons. The molecule has 0 radical (unpaired) electrons. The highest BCUT2D eigenvalue weighted by Gasteiger charge is 2.36. The monoisotopic (exact) mass is 524 g/mol. The van der Waals surface area contributed by atoms with E-state index in [4.69, 9.17) is 16.3 Å². The molecule has 7 heteroatoms. The molecule has 0 spiro atoms. The third-order valence-electron chi connectivity index (χ3n) is 6.60. The largest absolute Gasteiger partial charge is 0.491 e. The van der Waals surface area contributed by atoms with Gasteiger partial charge in [-0.25, -0.2) is 0 Å². The van der Waals surface area contributed by atoms with E-state index in [2.05, 4.69) is 11.4 Å². The average molecular weight is 525 g/mol. The van der Waals surface area contributed by atoms with Crippen molar-refractivity contribution in [2.75, 3.05) is 19.7 Å². The zero-order valence-electron chi connectivity index (χ0n) is 21.5. The van der Waals surface area contributed by atoms with Gasteiger partial charge in [-0.05, 0) is 93.9 Å². The summed E-state index contributed by atoms with van der Waals surface area (Å²) in [7, 11) is 0. The van der Waals surface area contributed by atoms with Crippen LogP contribution in [0.2, 0.25) is 5.02 Å². The van der Waals surface area contributed by atoms with Gasteiger partial charge in [-0.3, -0.25) is 9.59 Å². The number of hydrogen-bond donors (Lipinski definition) is 0. The predicted octanol–water partition coefficient (Wildman–Crippen LogP) is 6.46. The van der Waals surface area contributed by atoms with E-state index in [9.17, 15) is 9.59 Å². The molecule has 0 saturated carbocycles. The first kappa shape index (κ1) is 26.2. The highest BCUT2D eigenvalue weighted by atomic mass is 35.5. The zero-order valence-corrected chi connectivity index (χ0v) is 23.1. The number of carbonyl (C=O) groups is 2. The molecule has 0 unspecified atom stereocenters. The third-order valence-corrected chi connectivity index (χ3v) is 8.02. The Hall–Kier alpha value is -2.83. The molecular weight excluding hydrogens is 492 g/mol. The molecule has 1 aromatic heterocycles. The molecule has 4 rings (SSSR count). The van der Waals surface area contributed by atoms with Crippen molar-refractivity contribution in [3.8, 4) is 5.75 Å². The van der Waals surface area contributed by atoms with Gasteiger partial charge in [0.2, 0.25) is 5.91 Å². The number of nitrogens with zero attached hydrogens (tertiary/aromatic N) is 2. The van der Waals surface area contributed by atoms with E-state index in [-0.39, 0.29) is 24.4 Å². The van der Waals surface area contributed by atoms with Crippen LogP contribution in [0.25, 0.3) is 0 Å². The van der Waals surface area contributed by atoms with Crippen molar-refractivity contribution in [2.45, 2.75) is 52.6 Å². The van der Waals surface area contributed by atoms with E-state index in [0.717, 1.165) is 28.9 Å². The van der Waals surface area contributed by atoms with Crippen LogP contribution < -0.4 is 4.74 Å². The number of carbonyl (C=O) groups excluding carboxylic acids is 2. The molecule has 2 aromatic carbocycles. The van der Waals surface area contributed by atoms with Crippen molar-refractivity contribution in [1.29, 1.82) is 0 Å². The molecule has 5 nitrogen and oxygen atoms in total. The van der Waals surface area contributed by atoms with Crippen molar-refractivity contribution < 1.29 is 14.3 Å². The van der Waals surface area contributed by atoms with Gasteiger partial charge in [0.1, 0.15) is 18.9 Å². The summed E-state index contributed by atoms with van der Waals surface area (Å²) in [5.41, 5.74) is 3.21. The van der Waals surface area contributed by atoms with E-state index < -0.39 is 5.54 Å². The normalized spacial score (nSPS) is 15.4. The van der Waals surface area contributed by atoms with Crippen LogP contribution in [0.4, 0.5) is 0 Å². The van der Waals surface area contributed by atoms with Crippen molar-refractivity contribution >= 4 is 34.8 Å². The molecule has 1 atom stereocenters. The summed E-state index contributed by atoms with van der Waals surface area (Å²) in [5.74, 6) is 0.495. The maximum atomic E-state index is 13.8. The lowest BCUT2D eigenvalue weighted by Gasteiger charge is -2.40. The molecule has 0 saturated heterocycles. The number of amides is 2. The Labute approximate surface area is 222 Å². The molecule has 1 aliphatic rings. The maximum absolute atomic E-state index is 13.8. The number of hydrogen-bond acceptors (Lipinski definition) is 4. The van der Waals surface area contributed by atoms with Crippen molar-refractivity contribution in [2.24, 2.45) is 0 Å². The van der Waals surface area contributed by atoms with Crippen molar-refractivity contribution in [3.63, 3.8) is 0 Å². The highest BCUT2D eigenvalue weighted by Crippen LogP contribution is 2.34. The lowest BCUT2D eigenvalue weighted by molar-refractivity contribution is -0.136. The Morgan fingerprint density at radius 2 is 1.83 bits per heavy atom. The second kappa shape index (κ2) is 10.7. The summed E-state index contributed by atoms with van der Waals surface area (Å²) >= 11 is 7.88. The van der Waals surface area contributed by atoms with Gasteiger partial charge in [0.05, 0.1) is 6.04 Å². The Morgan fingerprint density at radius 3 is 2.50 bits per heavy atom. The maximum Gasteiger partial charge on any atom is 0.254 e. The molecule has 2 amide bonds. The van der Waals surface area contributed by atoms with Crippen LogP contribution in [0.3, 0.4) is 0 Å². The number of benzene rings is 2. The Bertz CT molecular complexity index is 1250. The summed E-state index contributed by atoms with van der Waals surface area (Å²) in [4.78, 5) is 32.0. The van der Waals surface area contributed by atoms with Gasteiger partial charge in [0, 0.05) is 27.5 Å². The van der Waals surface area contributed by atoms with Gasteiger partial charge < -0.3 is 14.5 Å². The van der Waals surface area contributed by atoms with Gasteiger partial charge in [-0.1, -0.05) is 29.3 Å². The molecule has 3 aromatic rings. The molecule has 1 aliphatic heterocycles. The smallest absolute Gasteiger partial charge is 0.254 e. The molecule has 2 heterocycles. The van der Waals surface area contributed by atoms with Crippen LogP contribution in [0, 0.1) is 13.8 Å².